The molecule has 2 heteroatoms. The van der Waals surface area contributed by atoms with Gasteiger partial charge in [0.2, 0.25) is 0 Å². The van der Waals surface area contributed by atoms with Gasteiger partial charge in [0, 0.05) is 0 Å². The van der Waals surface area contributed by atoms with Crippen molar-refractivity contribution in [1.29, 1.82) is 0 Å². The van der Waals surface area contributed by atoms with Crippen LogP contribution in [0.4, 0.5) is 0 Å². The van der Waals surface area contributed by atoms with Crippen LogP contribution in [0.2, 0.25) is 1.41 Å². The van der Waals surface area contributed by atoms with Crippen molar-refractivity contribution in [2.75, 3.05) is 6.54 Å². The minimum atomic E-state index is -0.00926. The third-order valence-corrected chi connectivity index (χ3v) is 0.249. The second kappa shape index (κ2) is 1.91. The topological polar surface area (TPSA) is 43.1 Å². The minimum Gasteiger partial charge on any atom is -0.324 e. The van der Waals surface area contributed by atoms with E-state index in [-0.39, 0.29) is 12.3 Å². The predicted molar refractivity (Wildman–Crippen MR) is 19.7 cm³/mol. The van der Waals surface area contributed by atoms with Crippen LogP contribution in [0.25, 0.3) is 0 Å². The number of nitrogens with two attached hydrogens (primary N) is 1. The average Bonchev–Trinajstić information content (AvgIpc) is 1.35. The highest BCUT2D eigenvalue weighted by Crippen LogP contribution is 1.51. The molecule has 0 aromatic carbocycles. The normalized spacial score (nSPS) is 10.2. The second-order valence-electron chi connectivity index (χ2n) is 0.879. The Kier molecular flexibility index (Phi) is 1.08. The Labute approximate surface area is 32.4 Å². The van der Waals surface area contributed by atoms with Crippen LogP contribution >= 0.6 is 0 Å². The van der Waals surface area contributed by atoms with Gasteiger partial charge in [-0.25, -0.2) is 0 Å². The molecule has 0 aromatic rings. The fourth-order valence-electron chi connectivity index (χ4n) is 0. The summed E-state index contributed by atoms with van der Waals surface area (Å²) in [6, 6.07) is 0. The number of hydrogen-bond acceptors (Lipinski definition) is 2. The molecule has 0 fully saturated rings. The van der Waals surface area contributed by atoms with E-state index in [0.29, 0.717) is 0 Å². The molecule has 0 aromatic heterocycles. The molecule has 30 valence electrons. The molecule has 0 radical (unpaired) electrons. The maximum Gasteiger partial charge on any atom is 0.143 e. The quantitative estimate of drug-likeness (QED) is 0.481. The molecular formula is C3H7NO. The predicted octanol–water partition coefficient (Wildman–Crippen LogP) is -0.466. The van der Waals surface area contributed by atoms with E-state index in [1.807, 2.05) is 5.73 Å². The van der Waals surface area contributed by atoms with Gasteiger partial charge in [-0.05, 0) is 6.92 Å². The molecule has 0 amide bonds. The first-order valence-electron chi connectivity index (χ1n) is 1.91. The Bertz CT molecular complexity index is 54.8. The molecule has 0 aliphatic carbocycles. The van der Waals surface area contributed by atoms with Gasteiger partial charge in [-0.15, -0.1) is 0 Å². The van der Waals surface area contributed by atoms with E-state index < -0.39 is 0 Å². The first kappa shape index (κ1) is 2.85. The van der Waals surface area contributed by atoms with E-state index in [9.17, 15) is 4.79 Å². The zero-order chi connectivity index (χ0) is 4.99. The molecule has 2 nitrogen and oxygen atoms in total. The highest BCUT2D eigenvalue weighted by molar-refractivity contribution is 5.77. The van der Waals surface area contributed by atoms with Crippen LogP contribution in [0.3, 0.4) is 0 Å². The lowest BCUT2D eigenvalue weighted by Crippen LogP contribution is -2.07. The molecule has 0 aliphatic heterocycles. The summed E-state index contributed by atoms with van der Waals surface area (Å²) in [5, 5.41) is 0. The molecule has 0 bridgehead atoms. The molecule has 0 atom stereocenters. The SMILES string of the molecule is [2H]NCC(C)=O. The fraction of sp³-hybridized carbons (Fsp3) is 0.667. The summed E-state index contributed by atoms with van der Waals surface area (Å²) in [5.74, 6) is -0.00926. The summed E-state index contributed by atoms with van der Waals surface area (Å²) in [7, 11) is 0. The molecule has 0 saturated heterocycles. The lowest BCUT2D eigenvalue weighted by molar-refractivity contribution is -0.115. The van der Waals surface area contributed by atoms with Crippen molar-refractivity contribution in [3.05, 3.63) is 0 Å². The van der Waals surface area contributed by atoms with Crippen LogP contribution in [-0.4, -0.2) is 12.3 Å². The zero-order valence-corrected chi connectivity index (χ0v) is 3.12. The van der Waals surface area contributed by atoms with Crippen molar-refractivity contribution >= 4 is 5.78 Å². The number of Topliss-reactive ketones (excluding diaryl/α,β-unsaturated/α-hetero) is 1. The van der Waals surface area contributed by atoms with E-state index in [2.05, 4.69) is 0 Å². The summed E-state index contributed by atoms with van der Waals surface area (Å²) in [5.41, 5.74) is 1.97. The highest BCUT2D eigenvalue weighted by atomic mass is 16.1. The van der Waals surface area contributed by atoms with Crippen LogP contribution in [-0.2, 0) is 4.79 Å². The van der Waals surface area contributed by atoms with Crippen molar-refractivity contribution < 1.29 is 6.21 Å². The van der Waals surface area contributed by atoms with Gasteiger partial charge < -0.3 is 5.73 Å². The summed E-state index contributed by atoms with van der Waals surface area (Å²) in [4.78, 5) is 9.86. The molecule has 0 heterocycles. The number of ketones is 1. The van der Waals surface area contributed by atoms with Crippen molar-refractivity contribution in [1.82, 2.24) is 0 Å². The number of carbonyl (C=O) groups excluding carboxylic acids is 1. The second-order valence-corrected chi connectivity index (χ2v) is 0.879. The van der Waals surface area contributed by atoms with Crippen LogP contribution in [0.1, 0.15) is 6.92 Å². The van der Waals surface area contributed by atoms with Gasteiger partial charge >= 0.3 is 0 Å². The monoisotopic (exact) mass is 74.1 g/mol. The maximum absolute atomic E-state index is 9.86. The summed E-state index contributed by atoms with van der Waals surface area (Å²) in [6.45, 7) is 1.58. The number of hydrogen-bond donors (Lipinski definition) is 1. The van der Waals surface area contributed by atoms with E-state index in [0.717, 1.165) is 0 Å². The molecule has 0 rings (SSSR count). The third kappa shape index (κ3) is 3.63. The third-order valence-electron chi connectivity index (χ3n) is 0.249. The Morgan fingerprint density at radius 3 is 3.00 bits per heavy atom. The molecular weight excluding hydrogens is 66.0 g/mol. The number of rotatable bonds is 2. The minimum absolute atomic E-state index is 0.00926. The summed E-state index contributed by atoms with van der Waals surface area (Å²) in [6.07, 6.45) is 0. The zero-order valence-electron chi connectivity index (χ0n) is 4.12. The van der Waals surface area contributed by atoms with Crippen molar-refractivity contribution in [2.24, 2.45) is 5.73 Å². The molecule has 0 saturated carbocycles. The van der Waals surface area contributed by atoms with Gasteiger partial charge in [0.25, 0.3) is 0 Å². The van der Waals surface area contributed by atoms with Crippen molar-refractivity contribution in [2.45, 2.75) is 6.92 Å². The Morgan fingerprint density at radius 2 is 3.00 bits per heavy atom. The lowest BCUT2D eigenvalue weighted by Gasteiger charge is -1.73. The first-order valence-corrected chi connectivity index (χ1v) is 1.41. The van der Waals surface area contributed by atoms with E-state index in [1.54, 1.807) is 0 Å². The standard InChI is InChI=1S/C3H7NO/c1-3(5)2-4/h2,4H2,1H3/i/hD. The smallest absolute Gasteiger partial charge is 0.143 e. The Balaban J connectivity index is 2.83. The lowest BCUT2D eigenvalue weighted by atomic mass is 10.5. The molecule has 0 unspecified atom stereocenters. The van der Waals surface area contributed by atoms with Crippen molar-refractivity contribution in [3.63, 3.8) is 0 Å². The Morgan fingerprint density at radius 1 is 2.40 bits per heavy atom. The molecule has 0 spiro atoms. The molecule has 5 heavy (non-hydrogen) atoms. The molecule has 2 N–H and O–H groups in total. The van der Waals surface area contributed by atoms with E-state index in [1.165, 1.54) is 6.92 Å². The van der Waals surface area contributed by atoms with Gasteiger partial charge in [0.05, 0.1) is 6.54 Å². The van der Waals surface area contributed by atoms with Gasteiger partial charge in [0.1, 0.15) is 7.20 Å². The average molecular weight is 74.1 g/mol. The maximum atomic E-state index is 9.86. The molecule has 0 aliphatic rings. The summed E-state index contributed by atoms with van der Waals surface area (Å²) >= 11 is 0. The van der Waals surface area contributed by atoms with Crippen LogP contribution in [0.15, 0.2) is 0 Å². The van der Waals surface area contributed by atoms with Crippen LogP contribution < -0.4 is 5.73 Å². The van der Waals surface area contributed by atoms with E-state index in [4.69, 9.17) is 1.41 Å². The van der Waals surface area contributed by atoms with Gasteiger partial charge in [-0.2, -0.15) is 0 Å². The first-order chi connectivity index (χ1) is 2.77. The van der Waals surface area contributed by atoms with E-state index >= 15 is 0 Å². The van der Waals surface area contributed by atoms with Crippen molar-refractivity contribution in [3.8, 4) is 0 Å². The van der Waals surface area contributed by atoms with Crippen LogP contribution in [0, 0.1) is 0 Å². The number of carbonyl (C=O) groups is 1. The summed E-state index contributed by atoms with van der Waals surface area (Å²) < 4.78 is 6.26. The Hall–Kier alpha value is -0.370. The van der Waals surface area contributed by atoms with Gasteiger partial charge in [-0.3, -0.25) is 4.79 Å². The fourth-order valence-corrected chi connectivity index (χ4v) is 0. The van der Waals surface area contributed by atoms with Gasteiger partial charge in [0.15, 0.2) is 0 Å². The largest absolute Gasteiger partial charge is 0.324 e. The highest BCUT2D eigenvalue weighted by Gasteiger charge is 1.76. The van der Waals surface area contributed by atoms with Gasteiger partial charge in [-0.1, -0.05) is 0 Å². The van der Waals surface area contributed by atoms with Crippen LogP contribution in [0.5, 0.6) is 0 Å².